The van der Waals surface area contributed by atoms with E-state index in [1.54, 1.807) is 19.1 Å². The van der Waals surface area contributed by atoms with E-state index >= 15 is 0 Å². The second kappa shape index (κ2) is 5.36. The Kier molecular flexibility index (Phi) is 3.81. The largest absolute Gasteiger partial charge is 0.479 e. The third-order valence-corrected chi connectivity index (χ3v) is 3.10. The Balaban J connectivity index is 2.51. The first-order valence-electron chi connectivity index (χ1n) is 5.72. The van der Waals surface area contributed by atoms with Crippen molar-refractivity contribution in [2.75, 3.05) is 7.11 Å². The standard InChI is InChI=1S/C14H13ClN2O2/c1-8-13(15)17-14(19-3)12(16-8)11-6-4-10(5-7-11)9(2)18/h4-7H,1-3H3. The number of ketones is 1. The van der Waals surface area contributed by atoms with Crippen molar-refractivity contribution < 1.29 is 9.53 Å². The van der Waals surface area contributed by atoms with Gasteiger partial charge in [0.15, 0.2) is 10.9 Å². The summed E-state index contributed by atoms with van der Waals surface area (Å²) in [6, 6.07) is 7.14. The van der Waals surface area contributed by atoms with Crippen molar-refractivity contribution in [2.24, 2.45) is 0 Å². The lowest BCUT2D eigenvalue weighted by Gasteiger charge is -2.09. The lowest BCUT2D eigenvalue weighted by molar-refractivity contribution is 0.101. The Hall–Kier alpha value is -1.94. The molecule has 0 spiro atoms. The van der Waals surface area contributed by atoms with Crippen LogP contribution in [-0.4, -0.2) is 22.9 Å². The number of carbonyl (C=O) groups is 1. The SMILES string of the molecule is COc1nc(Cl)c(C)nc1-c1ccc(C(C)=O)cc1. The quantitative estimate of drug-likeness (QED) is 0.807. The molecule has 0 aliphatic heterocycles. The Labute approximate surface area is 116 Å². The highest BCUT2D eigenvalue weighted by molar-refractivity contribution is 6.30. The van der Waals surface area contributed by atoms with Gasteiger partial charge in [-0.25, -0.2) is 4.98 Å². The molecule has 2 aromatic rings. The Bertz CT molecular complexity index is 624. The molecular weight excluding hydrogens is 264 g/mol. The first-order chi connectivity index (χ1) is 9.02. The maximum Gasteiger partial charge on any atom is 0.241 e. The number of Topliss-reactive ketones (excluding diaryl/α,β-unsaturated/α-hetero) is 1. The fraction of sp³-hybridized carbons (Fsp3) is 0.214. The third kappa shape index (κ3) is 2.74. The molecule has 4 nitrogen and oxygen atoms in total. The average molecular weight is 277 g/mol. The van der Waals surface area contributed by atoms with Gasteiger partial charge in [0.25, 0.3) is 0 Å². The molecule has 19 heavy (non-hydrogen) atoms. The molecule has 0 aliphatic carbocycles. The molecule has 0 radical (unpaired) electrons. The molecule has 0 amide bonds. The molecule has 98 valence electrons. The van der Waals surface area contributed by atoms with Gasteiger partial charge in [-0.2, -0.15) is 4.98 Å². The van der Waals surface area contributed by atoms with Crippen LogP contribution in [0.25, 0.3) is 11.3 Å². The van der Waals surface area contributed by atoms with Gasteiger partial charge in [0.2, 0.25) is 5.88 Å². The van der Waals surface area contributed by atoms with Crippen LogP contribution in [0.2, 0.25) is 5.15 Å². The van der Waals surface area contributed by atoms with E-state index < -0.39 is 0 Å². The third-order valence-electron chi connectivity index (χ3n) is 2.74. The zero-order valence-electron chi connectivity index (χ0n) is 10.9. The Morgan fingerprint density at radius 2 is 1.84 bits per heavy atom. The zero-order valence-corrected chi connectivity index (χ0v) is 11.7. The predicted molar refractivity (Wildman–Crippen MR) is 73.8 cm³/mol. The fourth-order valence-corrected chi connectivity index (χ4v) is 1.80. The summed E-state index contributed by atoms with van der Waals surface area (Å²) in [6.07, 6.45) is 0. The first kappa shape index (κ1) is 13.5. The van der Waals surface area contributed by atoms with Crippen LogP contribution in [0.3, 0.4) is 0 Å². The van der Waals surface area contributed by atoms with Crippen LogP contribution >= 0.6 is 11.6 Å². The molecule has 0 saturated carbocycles. The minimum absolute atomic E-state index is 0.0249. The lowest BCUT2D eigenvalue weighted by Crippen LogP contribution is -1.99. The molecule has 0 fully saturated rings. The van der Waals surface area contributed by atoms with Gasteiger partial charge in [-0.15, -0.1) is 0 Å². The lowest BCUT2D eigenvalue weighted by atomic mass is 10.1. The van der Waals surface area contributed by atoms with Gasteiger partial charge in [-0.3, -0.25) is 4.79 Å². The van der Waals surface area contributed by atoms with E-state index in [9.17, 15) is 4.79 Å². The monoisotopic (exact) mass is 276 g/mol. The van der Waals surface area contributed by atoms with Crippen LogP contribution in [0.4, 0.5) is 0 Å². The van der Waals surface area contributed by atoms with Gasteiger partial charge < -0.3 is 4.74 Å². The van der Waals surface area contributed by atoms with E-state index in [0.717, 1.165) is 5.56 Å². The molecule has 0 N–H and O–H groups in total. The van der Waals surface area contributed by atoms with Crippen molar-refractivity contribution in [2.45, 2.75) is 13.8 Å². The van der Waals surface area contributed by atoms with Gasteiger partial charge in [-0.05, 0) is 13.8 Å². The summed E-state index contributed by atoms with van der Waals surface area (Å²) in [7, 11) is 1.52. The van der Waals surface area contributed by atoms with Crippen molar-refractivity contribution in [3.63, 3.8) is 0 Å². The molecule has 1 aromatic heterocycles. The number of nitrogens with zero attached hydrogens (tertiary/aromatic N) is 2. The minimum Gasteiger partial charge on any atom is -0.479 e. The predicted octanol–water partition coefficient (Wildman–Crippen LogP) is 3.32. The van der Waals surface area contributed by atoms with Crippen molar-refractivity contribution in [1.82, 2.24) is 9.97 Å². The Morgan fingerprint density at radius 1 is 1.21 bits per heavy atom. The Morgan fingerprint density at radius 3 is 2.37 bits per heavy atom. The maximum atomic E-state index is 11.2. The van der Waals surface area contributed by atoms with Gasteiger partial charge in [0, 0.05) is 11.1 Å². The van der Waals surface area contributed by atoms with Crippen molar-refractivity contribution in [1.29, 1.82) is 0 Å². The van der Waals surface area contributed by atoms with E-state index in [0.29, 0.717) is 28.0 Å². The molecule has 5 heteroatoms. The van der Waals surface area contributed by atoms with Crippen LogP contribution in [0, 0.1) is 6.92 Å². The summed E-state index contributed by atoms with van der Waals surface area (Å²) in [4.78, 5) is 19.8. The van der Waals surface area contributed by atoms with Crippen LogP contribution in [0.15, 0.2) is 24.3 Å². The molecule has 0 bridgehead atoms. The summed E-state index contributed by atoms with van der Waals surface area (Å²) < 4.78 is 5.19. The molecule has 0 atom stereocenters. The van der Waals surface area contributed by atoms with Gasteiger partial charge >= 0.3 is 0 Å². The number of halogens is 1. The molecule has 0 aliphatic rings. The topological polar surface area (TPSA) is 52.1 Å². The van der Waals surface area contributed by atoms with E-state index in [4.69, 9.17) is 16.3 Å². The highest BCUT2D eigenvalue weighted by atomic mass is 35.5. The van der Waals surface area contributed by atoms with Crippen LogP contribution in [0.1, 0.15) is 23.0 Å². The normalized spacial score (nSPS) is 10.3. The average Bonchev–Trinajstić information content (AvgIpc) is 2.41. The number of aromatic nitrogens is 2. The number of benzene rings is 1. The van der Waals surface area contributed by atoms with Crippen LogP contribution in [-0.2, 0) is 0 Å². The molecule has 1 heterocycles. The van der Waals surface area contributed by atoms with Gasteiger partial charge in [0.1, 0.15) is 5.69 Å². The maximum absolute atomic E-state index is 11.2. The molecule has 1 aromatic carbocycles. The summed E-state index contributed by atoms with van der Waals surface area (Å²) in [6.45, 7) is 3.31. The summed E-state index contributed by atoms with van der Waals surface area (Å²) in [5.41, 5.74) is 2.73. The second-order valence-electron chi connectivity index (χ2n) is 4.09. The van der Waals surface area contributed by atoms with Crippen molar-refractivity contribution in [3.05, 3.63) is 40.7 Å². The zero-order chi connectivity index (χ0) is 14.0. The van der Waals surface area contributed by atoms with Crippen molar-refractivity contribution >= 4 is 17.4 Å². The molecule has 0 unspecified atom stereocenters. The van der Waals surface area contributed by atoms with Crippen LogP contribution < -0.4 is 4.74 Å². The molecular formula is C14H13ClN2O2. The second-order valence-corrected chi connectivity index (χ2v) is 4.45. The number of aryl methyl sites for hydroxylation is 1. The van der Waals surface area contributed by atoms with Gasteiger partial charge in [0.05, 0.1) is 12.8 Å². The smallest absolute Gasteiger partial charge is 0.241 e. The number of rotatable bonds is 3. The summed E-state index contributed by atoms with van der Waals surface area (Å²) >= 11 is 5.92. The van der Waals surface area contributed by atoms with E-state index in [1.807, 2.05) is 12.1 Å². The highest BCUT2D eigenvalue weighted by Crippen LogP contribution is 2.28. The summed E-state index contributed by atoms with van der Waals surface area (Å²) in [5.74, 6) is 0.392. The van der Waals surface area contributed by atoms with E-state index in [-0.39, 0.29) is 5.78 Å². The number of hydrogen-bond acceptors (Lipinski definition) is 4. The minimum atomic E-state index is 0.0249. The van der Waals surface area contributed by atoms with Crippen LogP contribution in [0.5, 0.6) is 5.88 Å². The van der Waals surface area contributed by atoms with Gasteiger partial charge in [-0.1, -0.05) is 35.9 Å². The summed E-state index contributed by atoms with van der Waals surface area (Å²) in [5, 5.41) is 0.320. The number of methoxy groups -OCH3 is 1. The molecule has 2 rings (SSSR count). The van der Waals surface area contributed by atoms with Crippen molar-refractivity contribution in [3.8, 4) is 17.1 Å². The molecule has 0 saturated heterocycles. The number of carbonyl (C=O) groups excluding carboxylic acids is 1. The fourth-order valence-electron chi connectivity index (χ4n) is 1.68. The highest BCUT2D eigenvalue weighted by Gasteiger charge is 2.13. The van der Waals surface area contributed by atoms with E-state index in [1.165, 1.54) is 14.0 Å². The number of hydrogen-bond donors (Lipinski definition) is 0. The first-order valence-corrected chi connectivity index (χ1v) is 6.10. The number of ether oxygens (including phenoxy) is 1. The van der Waals surface area contributed by atoms with E-state index in [2.05, 4.69) is 9.97 Å².